The number of hydrogen-bond acceptors (Lipinski definition) is 7. The van der Waals surface area contributed by atoms with E-state index in [-0.39, 0.29) is 19.6 Å². The van der Waals surface area contributed by atoms with Crippen molar-refractivity contribution in [2.24, 2.45) is 0 Å². The third kappa shape index (κ3) is 7.14. The number of esters is 2. The Morgan fingerprint density at radius 3 is 2.36 bits per heavy atom. The predicted molar refractivity (Wildman–Crippen MR) is 98.0 cm³/mol. The van der Waals surface area contributed by atoms with E-state index in [2.05, 4.69) is 5.32 Å². The normalized spacial score (nSPS) is 12.5. The van der Waals surface area contributed by atoms with Crippen molar-refractivity contribution in [1.82, 2.24) is 5.32 Å². The number of furan rings is 1. The summed E-state index contributed by atoms with van der Waals surface area (Å²) < 4.78 is 20.9. The van der Waals surface area contributed by atoms with Crippen molar-refractivity contribution in [2.45, 2.75) is 39.0 Å². The van der Waals surface area contributed by atoms with Crippen molar-refractivity contribution < 1.29 is 33.0 Å². The van der Waals surface area contributed by atoms with Crippen molar-refractivity contribution in [1.29, 1.82) is 0 Å². The lowest BCUT2D eigenvalue weighted by atomic mass is 10.1. The Morgan fingerprint density at radius 2 is 1.75 bits per heavy atom. The summed E-state index contributed by atoms with van der Waals surface area (Å²) in [6, 6.07) is 11.7. The van der Waals surface area contributed by atoms with E-state index in [4.69, 9.17) is 18.6 Å². The smallest absolute Gasteiger partial charge is 0.408 e. The Balaban J connectivity index is 2.06. The maximum absolute atomic E-state index is 12.3. The van der Waals surface area contributed by atoms with E-state index in [1.807, 2.05) is 30.3 Å². The van der Waals surface area contributed by atoms with Gasteiger partial charge in [0.2, 0.25) is 0 Å². The summed E-state index contributed by atoms with van der Waals surface area (Å²) >= 11 is 0. The van der Waals surface area contributed by atoms with E-state index in [0.29, 0.717) is 5.76 Å². The van der Waals surface area contributed by atoms with Gasteiger partial charge in [-0.1, -0.05) is 30.3 Å². The van der Waals surface area contributed by atoms with Gasteiger partial charge in [-0.25, -0.2) is 4.79 Å². The van der Waals surface area contributed by atoms with Crippen LogP contribution in [0.15, 0.2) is 53.1 Å². The summed E-state index contributed by atoms with van der Waals surface area (Å²) in [6.45, 7) is 2.64. The third-order valence-corrected chi connectivity index (χ3v) is 3.73. The molecule has 8 nitrogen and oxygen atoms in total. The first-order chi connectivity index (χ1) is 13.5. The zero-order valence-corrected chi connectivity index (χ0v) is 15.8. The number of ether oxygens (including phenoxy) is 3. The molecule has 8 heteroatoms. The van der Waals surface area contributed by atoms with Crippen LogP contribution in [0.4, 0.5) is 4.79 Å². The Hall–Kier alpha value is -3.29. The number of carbonyl (C=O) groups excluding carboxylic acids is 3. The fourth-order valence-electron chi connectivity index (χ4n) is 2.53. The van der Waals surface area contributed by atoms with Gasteiger partial charge in [0, 0.05) is 20.3 Å². The van der Waals surface area contributed by atoms with Gasteiger partial charge in [0.05, 0.1) is 12.9 Å². The molecule has 0 saturated heterocycles. The highest BCUT2D eigenvalue weighted by molar-refractivity contribution is 5.69. The molecule has 28 heavy (non-hydrogen) atoms. The van der Waals surface area contributed by atoms with Gasteiger partial charge in [0.25, 0.3) is 0 Å². The standard InChI is InChI=1S/C20H23NO7/c1-14(22)25-12-10-18(28-15(2)23)19(17-9-6-11-26-17)21-20(24)27-13-16-7-4-3-5-8-16/h3-9,11,18-19H,10,12-13H2,1-2H3,(H,21,24)/t18-,19-/m0/s1. The minimum atomic E-state index is -0.813. The van der Waals surface area contributed by atoms with E-state index >= 15 is 0 Å². The second-order valence-corrected chi connectivity index (χ2v) is 5.98. The Bertz CT molecular complexity index is 758. The van der Waals surface area contributed by atoms with Crippen LogP contribution in [-0.4, -0.2) is 30.7 Å². The molecule has 0 bridgehead atoms. The number of rotatable bonds is 9. The van der Waals surface area contributed by atoms with E-state index in [9.17, 15) is 14.4 Å². The average molecular weight is 389 g/mol. The van der Waals surface area contributed by atoms with Crippen LogP contribution in [0.3, 0.4) is 0 Å². The molecule has 0 aliphatic carbocycles. The van der Waals surface area contributed by atoms with Crippen LogP contribution in [-0.2, 0) is 30.4 Å². The van der Waals surface area contributed by atoms with Crippen LogP contribution in [0.25, 0.3) is 0 Å². The van der Waals surface area contributed by atoms with E-state index in [0.717, 1.165) is 5.56 Å². The molecule has 1 N–H and O–H groups in total. The van der Waals surface area contributed by atoms with Crippen LogP contribution >= 0.6 is 0 Å². The summed E-state index contributed by atoms with van der Waals surface area (Å²) in [4.78, 5) is 34.8. The summed E-state index contributed by atoms with van der Waals surface area (Å²) in [5, 5.41) is 2.66. The molecule has 0 radical (unpaired) electrons. The van der Waals surface area contributed by atoms with E-state index in [1.165, 1.54) is 20.1 Å². The molecule has 0 aliphatic heterocycles. The molecule has 2 atom stereocenters. The van der Waals surface area contributed by atoms with Crippen LogP contribution < -0.4 is 5.32 Å². The third-order valence-electron chi connectivity index (χ3n) is 3.73. The molecule has 1 amide bonds. The fourth-order valence-corrected chi connectivity index (χ4v) is 2.53. The summed E-state index contributed by atoms with van der Waals surface area (Å²) in [5.74, 6) is -0.610. The molecule has 150 valence electrons. The largest absolute Gasteiger partial charge is 0.467 e. The molecule has 0 aliphatic rings. The lowest BCUT2D eigenvalue weighted by molar-refractivity contribution is -0.150. The number of amides is 1. The second-order valence-electron chi connectivity index (χ2n) is 5.98. The van der Waals surface area contributed by atoms with Crippen LogP contribution in [0.1, 0.15) is 37.6 Å². The van der Waals surface area contributed by atoms with Crippen LogP contribution in [0.5, 0.6) is 0 Å². The first-order valence-corrected chi connectivity index (χ1v) is 8.77. The number of hydrogen-bond donors (Lipinski definition) is 1. The van der Waals surface area contributed by atoms with Gasteiger partial charge in [-0.15, -0.1) is 0 Å². The predicted octanol–water partition coefficient (Wildman–Crippen LogP) is 3.13. The summed E-state index contributed by atoms with van der Waals surface area (Å²) in [5.41, 5.74) is 0.832. The van der Waals surface area contributed by atoms with Gasteiger partial charge >= 0.3 is 18.0 Å². The van der Waals surface area contributed by atoms with Gasteiger partial charge in [-0.2, -0.15) is 0 Å². The van der Waals surface area contributed by atoms with E-state index < -0.39 is 30.2 Å². The molecule has 1 aromatic carbocycles. The number of alkyl carbamates (subject to hydrolysis) is 1. The summed E-state index contributed by atoms with van der Waals surface area (Å²) in [6.07, 6.45) is 0.0989. The topological polar surface area (TPSA) is 104 Å². The molecule has 2 aromatic rings. The first-order valence-electron chi connectivity index (χ1n) is 8.77. The molecule has 0 fully saturated rings. The molecule has 1 aromatic heterocycles. The first kappa shape index (κ1) is 21.0. The minimum absolute atomic E-state index is 0.0191. The number of benzene rings is 1. The van der Waals surface area contributed by atoms with Gasteiger partial charge in [-0.05, 0) is 17.7 Å². The zero-order chi connectivity index (χ0) is 20.4. The highest BCUT2D eigenvalue weighted by Crippen LogP contribution is 2.23. The Labute approximate surface area is 162 Å². The van der Waals surface area contributed by atoms with Crippen LogP contribution in [0.2, 0.25) is 0 Å². The van der Waals surface area contributed by atoms with Crippen molar-refractivity contribution in [2.75, 3.05) is 6.61 Å². The molecule has 1 heterocycles. The van der Waals surface area contributed by atoms with Gasteiger partial charge in [0.1, 0.15) is 24.5 Å². The Morgan fingerprint density at radius 1 is 1.00 bits per heavy atom. The molecular formula is C20H23NO7. The molecule has 0 unspecified atom stereocenters. The van der Waals surface area contributed by atoms with Gasteiger partial charge in [0.15, 0.2) is 0 Å². The molecular weight excluding hydrogens is 366 g/mol. The minimum Gasteiger partial charge on any atom is -0.467 e. The van der Waals surface area contributed by atoms with Crippen LogP contribution in [0, 0.1) is 0 Å². The molecule has 0 spiro atoms. The zero-order valence-electron chi connectivity index (χ0n) is 15.8. The number of nitrogens with one attached hydrogen (secondary N) is 1. The second kappa shape index (κ2) is 10.8. The quantitative estimate of drug-likeness (QED) is 0.519. The van der Waals surface area contributed by atoms with Crippen molar-refractivity contribution in [3.05, 3.63) is 60.1 Å². The van der Waals surface area contributed by atoms with Gasteiger partial charge < -0.3 is 23.9 Å². The maximum atomic E-state index is 12.3. The number of carbonyl (C=O) groups is 3. The fraction of sp³-hybridized carbons (Fsp3) is 0.350. The SMILES string of the molecule is CC(=O)OCC[C@H](OC(C)=O)[C@@H](NC(=O)OCc1ccccc1)c1ccco1. The average Bonchev–Trinajstić information content (AvgIpc) is 3.18. The van der Waals surface area contributed by atoms with Crippen molar-refractivity contribution in [3.8, 4) is 0 Å². The Kier molecular flexibility index (Phi) is 8.08. The lowest BCUT2D eigenvalue weighted by Gasteiger charge is -2.25. The van der Waals surface area contributed by atoms with Crippen molar-refractivity contribution in [3.63, 3.8) is 0 Å². The van der Waals surface area contributed by atoms with Gasteiger partial charge in [-0.3, -0.25) is 9.59 Å². The molecule has 2 rings (SSSR count). The van der Waals surface area contributed by atoms with E-state index in [1.54, 1.807) is 12.1 Å². The molecule has 0 saturated carbocycles. The summed E-state index contributed by atoms with van der Waals surface area (Å²) in [7, 11) is 0. The maximum Gasteiger partial charge on any atom is 0.408 e. The lowest BCUT2D eigenvalue weighted by Crippen LogP contribution is -2.39. The highest BCUT2D eigenvalue weighted by atomic mass is 16.6. The van der Waals surface area contributed by atoms with Crippen molar-refractivity contribution >= 4 is 18.0 Å². The highest BCUT2D eigenvalue weighted by Gasteiger charge is 2.30. The monoisotopic (exact) mass is 389 g/mol.